The summed E-state index contributed by atoms with van der Waals surface area (Å²) in [4.78, 5) is 0. The molecular formula is C13H17N3O. The van der Waals surface area contributed by atoms with Gasteiger partial charge in [-0.05, 0) is 30.2 Å². The van der Waals surface area contributed by atoms with E-state index in [4.69, 9.17) is 10.5 Å². The molecule has 1 aromatic carbocycles. The molecule has 0 aliphatic rings. The molecule has 1 unspecified atom stereocenters. The zero-order valence-corrected chi connectivity index (χ0v) is 10.1. The molecule has 0 radical (unpaired) electrons. The minimum Gasteiger partial charge on any atom is -0.497 e. The lowest BCUT2D eigenvalue weighted by atomic mass is 10.1. The van der Waals surface area contributed by atoms with E-state index in [9.17, 15) is 0 Å². The molecule has 4 heteroatoms. The van der Waals surface area contributed by atoms with Gasteiger partial charge in [0, 0.05) is 12.2 Å². The summed E-state index contributed by atoms with van der Waals surface area (Å²) in [6.45, 7) is 2.68. The summed E-state index contributed by atoms with van der Waals surface area (Å²) < 4.78 is 7.04. The van der Waals surface area contributed by atoms with Gasteiger partial charge in [-0.25, -0.2) is 0 Å². The number of methoxy groups -OCH3 is 1. The fourth-order valence-corrected chi connectivity index (χ4v) is 1.75. The lowest BCUT2D eigenvalue weighted by Crippen LogP contribution is -2.17. The number of ether oxygens (including phenoxy) is 1. The van der Waals surface area contributed by atoms with Crippen LogP contribution in [-0.4, -0.2) is 16.9 Å². The van der Waals surface area contributed by atoms with E-state index in [1.165, 1.54) is 0 Å². The highest BCUT2D eigenvalue weighted by Crippen LogP contribution is 2.18. The molecule has 0 amide bonds. The number of nitrogens with two attached hydrogens (primary N) is 1. The molecule has 1 atom stereocenters. The molecule has 17 heavy (non-hydrogen) atoms. The van der Waals surface area contributed by atoms with Crippen LogP contribution in [-0.2, 0) is 6.54 Å². The molecule has 0 fully saturated rings. The molecule has 0 saturated carbocycles. The van der Waals surface area contributed by atoms with Crippen LogP contribution in [0.15, 0.2) is 36.7 Å². The molecule has 0 bridgehead atoms. The maximum atomic E-state index is 6.14. The molecular weight excluding hydrogens is 214 g/mol. The lowest BCUT2D eigenvalue weighted by molar-refractivity contribution is 0.413. The van der Waals surface area contributed by atoms with Gasteiger partial charge >= 0.3 is 0 Å². The average Bonchev–Trinajstić information content (AvgIpc) is 2.75. The maximum Gasteiger partial charge on any atom is 0.119 e. The van der Waals surface area contributed by atoms with Crippen LogP contribution in [0.3, 0.4) is 0 Å². The fraction of sp³-hybridized carbons (Fsp3) is 0.308. The molecule has 2 aromatic rings. The van der Waals surface area contributed by atoms with Gasteiger partial charge in [-0.2, -0.15) is 5.10 Å². The summed E-state index contributed by atoms with van der Waals surface area (Å²) in [7, 11) is 1.65. The Bertz CT molecular complexity index is 493. The highest BCUT2D eigenvalue weighted by atomic mass is 16.5. The van der Waals surface area contributed by atoms with Crippen molar-refractivity contribution in [1.29, 1.82) is 0 Å². The highest BCUT2D eigenvalue weighted by Gasteiger charge is 2.08. The van der Waals surface area contributed by atoms with Crippen LogP contribution >= 0.6 is 0 Å². The third kappa shape index (κ3) is 2.85. The molecule has 0 saturated heterocycles. The van der Waals surface area contributed by atoms with Gasteiger partial charge in [-0.1, -0.05) is 12.1 Å². The standard InChI is InChI=1S/C13H17N3O/c1-10-7-15-16(8-10)9-13(14)11-4-3-5-12(6-11)17-2/h3-8,13H,9,14H2,1-2H3. The van der Waals surface area contributed by atoms with Crippen molar-refractivity contribution in [2.45, 2.75) is 19.5 Å². The van der Waals surface area contributed by atoms with Gasteiger partial charge in [0.15, 0.2) is 0 Å². The van der Waals surface area contributed by atoms with Gasteiger partial charge in [0.2, 0.25) is 0 Å². The Morgan fingerprint density at radius 1 is 1.47 bits per heavy atom. The van der Waals surface area contributed by atoms with Crippen molar-refractivity contribution in [2.24, 2.45) is 5.73 Å². The smallest absolute Gasteiger partial charge is 0.119 e. The third-order valence-electron chi connectivity index (χ3n) is 2.67. The van der Waals surface area contributed by atoms with Gasteiger partial charge in [0.25, 0.3) is 0 Å². The van der Waals surface area contributed by atoms with E-state index >= 15 is 0 Å². The van der Waals surface area contributed by atoms with Crippen LogP contribution in [0.1, 0.15) is 17.2 Å². The maximum absolute atomic E-state index is 6.14. The molecule has 0 spiro atoms. The molecule has 1 heterocycles. The van der Waals surface area contributed by atoms with E-state index in [1.54, 1.807) is 7.11 Å². The van der Waals surface area contributed by atoms with E-state index in [1.807, 2.05) is 48.3 Å². The second-order valence-electron chi connectivity index (χ2n) is 4.12. The molecule has 2 N–H and O–H groups in total. The first kappa shape index (κ1) is 11.7. The van der Waals surface area contributed by atoms with Crippen molar-refractivity contribution in [3.8, 4) is 5.75 Å². The molecule has 0 aliphatic carbocycles. The van der Waals surface area contributed by atoms with E-state index < -0.39 is 0 Å². The minimum atomic E-state index is -0.0793. The number of benzene rings is 1. The number of hydrogen-bond donors (Lipinski definition) is 1. The summed E-state index contributed by atoms with van der Waals surface area (Å²) in [6.07, 6.45) is 3.82. The van der Waals surface area contributed by atoms with Crippen LogP contribution in [0.5, 0.6) is 5.75 Å². The number of hydrogen-bond acceptors (Lipinski definition) is 3. The summed E-state index contributed by atoms with van der Waals surface area (Å²) in [5, 5.41) is 4.23. The third-order valence-corrected chi connectivity index (χ3v) is 2.67. The minimum absolute atomic E-state index is 0.0793. The normalized spacial score (nSPS) is 12.4. The fourth-order valence-electron chi connectivity index (χ4n) is 1.75. The quantitative estimate of drug-likeness (QED) is 0.874. The predicted molar refractivity (Wildman–Crippen MR) is 66.9 cm³/mol. The summed E-state index contributed by atoms with van der Waals surface area (Å²) in [5.41, 5.74) is 8.34. The summed E-state index contributed by atoms with van der Waals surface area (Å²) in [6, 6.07) is 7.74. The lowest BCUT2D eigenvalue weighted by Gasteiger charge is -2.13. The molecule has 0 aliphatic heterocycles. The van der Waals surface area contributed by atoms with Crippen molar-refractivity contribution in [2.75, 3.05) is 7.11 Å². The first-order valence-electron chi connectivity index (χ1n) is 5.57. The van der Waals surface area contributed by atoms with Crippen molar-refractivity contribution in [3.05, 3.63) is 47.8 Å². The van der Waals surface area contributed by atoms with Crippen molar-refractivity contribution < 1.29 is 4.74 Å². The van der Waals surface area contributed by atoms with Crippen molar-refractivity contribution >= 4 is 0 Å². The van der Waals surface area contributed by atoms with Crippen molar-refractivity contribution in [3.63, 3.8) is 0 Å². The zero-order chi connectivity index (χ0) is 12.3. The van der Waals surface area contributed by atoms with Gasteiger partial charge in [0.1, 0.15) is 5.75 Å². The van der Waals surface area contributed by atoms with E-state index in [0.29, 0.717) is 6.54 Å². The Kier molecular flexibility index (Phi) is 3.44. The number of rotatable bonds is 4. The average molecular weight is 231 g/mol. The Morgan fingerprint density at radius 3 is 2.94 bits per heavy atom. The number of nitrogens with zero attached hydrogens (tertiary/aromatic N) is 2. The van der Waals surface area contributed by atoms with Gasteiger partial charge < -0.3 is 10.5 Å². The Hall–Kier alpha value is -1.81. The molecule has 4 nitrogen and oxygen atoms in total. The molecule has 90 valence electrons. The zero-order valence-electron chi connectivity index (χ0n) is 10.1. The largest absolute Gasteiger partial charge is 0.497 e. The first-order chi connectivity index (χ1) is 8.19. The topological polar surface area (TPSA) is 53.1 Å². The van der Waals surface area contributed by atoms with Crippen LogP contribution < -0.4 is 10.5 Å². The predicted octanol–water partition coefficient (Wildman–Crippen LogP) is 1.90. The first-order valence-corrected chi connectivity index (χ1v) is 5.57. The molecule has 2 rings (SSSR count). The Labute approximate surface area is 101 Å². The SMILES string of the molecule is COc1cccc(C(N)Cn2cc(C)cn2)c1. The van der Waals surface area contributed by atoms with Crippen LogP contribution in [0.4, 0.5) is 0 Å². The number of aryl methyl sites for hydroxylation is 1. The second-order valence-corrected chi connectivity index (χ2v) is 4.12. The van der Waals surface area contributed by atoms with Gasteiger partial charge in [0.05, 0.1) is 19.9 Å². The van der Waals surface area contributed by atoms with Gasteiger partial charge in [-0.3, -0.25) is 4.68 Å². The van der Waals surface area contributed by atoms with Gasteiger partial charge in [-0.15, -0.1) is 0 Å². The monoisotopic (exact) mass is 231 g/mol. The highest BCUT2D eigenvalue weighted by molar-refractivity contribution is 5.30. The van der Waals surface area contributed by atoms with Crippen LogP contribution in [0.25, 0.3) is 0 Å². The van der Waals surface area contributed by atoms with Crippen LogP contribution in [0, 0.1) is 6.92 Å². The van der Waals surface area contributed by atoms with E-state index in [2.05, 4.69) is 5.10 Å². The van der Waals surface area contributed by atoms with E-state index in [-0.39, 0.29) is 6.04 Å². The summed E-state index contributed by atoms with van der Waals surface area (Å²) >= 11 is 0. The Morgan fingerprint density at radius 2 is 2.29 bits per heavy atom. The Balaban J connectivity index is 2.11. The van der Waals surface area contributed by atoms with Crippen LogP contribution in [0.2, 0.25) is 0 Å². The number of aromatic nitrogens is 2. The van der Waals surface area contributed by atoms with E-state index in [0.717, 1.165) is 16.9 Å². The summed E-state index contributed by atoms with van der Waals surface area (Å²) in [5.74, 6) is 0.828. The van der Waals surface area contributed by atoms with Crippen molar-refractivity contribution in [1.82, 2.24) is 9.78 Å². The second kappa shape index (κ2) is 5.01. The molecule has 1 aromatic heterocycles.